The number of hydrogen-bond donors (Lipinski definition) is 1. The number of nitrogens with two attached hydrogens (primary N) is 1. The first kappa shape index (κ1) is 11.5. The molecule has 0 aliphatic carbocycles. The molecule has 0 bridgehead atoms. The summed E-state index contributed by atoms with van der Waals surface area (Å²) in [4.78, 5) is 4.30. The van der Waals surface area contributed by atoms with Crippen LogP contribution < -0.4 is 5.73 Å². The summed E-state index contributed by atoms with van der Waals surface area (Å²) in [5, 5.41) is 3.87. The van der Waals surface area contributed by atoms with Gasteiger partial charge >= 0.3 is 0 Å². The Morgan fingerprint density at radius 3 is 3.06 bits per heavy atom. The van der Waals surface area contributed by atoms with Gasteiger partial charge in [0.1, 0.15) is 0 Å². The smallest absolute Gasteiger partial charge is 0.232 e. The number of nitrogens with zero attached hydrogens (tertiary/aromatic N) is 2. The molecule has 1 aliphatic rings. The third-order valence-electron chi connectivity index (χ3n) is 2.83. The third kappa shape index (κ3) is 2.23. The highest BCUT2D eigenvalue weighted by atomic mass is 16.5. The molecule has 0 radical (unpaired) electrons. The van der Waals surface area contributed by atoms with E-state index in [4.69, 9.17) is 19.7 Å². The summed E-state index contributed by atoms with van der Waals surface area (Å²) in [6.45, 7) is 3.14. The fourth-order valence-corrected chi connectivity index (χ4v) is 1.86. The molecule has 3 atom stereocenters. The Bertz CT molecular complexity index is 342. The standard InChI is InChI=1S/C10H17N3O3/c1-6-7(3-4-15-6)10-12-9(13-16-10)8(11)5-14-2/h6-8H,3-5,11H2,1-2H3. The minimum Gasteiger partial charge on any atom is -0.383 e. The van der Waals surface area contributed by atoms with Gasteiger partial charge in [-0.2, -0.15) is 4.98 Å². The van der Waals surface area contributed by atoms with Crippen molar-refractivity contribution in [2.45, 2.75) is 31.4 Å². The fraction of sp³-hybridized carbons (Fsp3) is 0.800. The van der Waals surface area contributed by atoms with Gasteiger partial charge in [0.25, 0.3) is 0 Å². The number of ether oxygens (including phenoxy) is 2. The van der Waals surface area contributed by atoms with Crippen molar-refractivity contribution < 1.29 is 14.0 Å². The van der Waals surface area contributed by atoms with Crippen molar-refractivity contribution in [1.82, 2.24) is 10.1 Å². The highest BCUT2D eigenvalue weighted by Crippen LogP contribution is 2.30. The molecular formula is C10H17N3O3. The van der Waals surface area contributed by atoms with Gasteiger partial charge in [-0.05, 0) is 13.3 Å². The first-order valence-electron chi connectivity index (χ1n) is 5.42. The summed E-state index contributed by atoms with van der Waals surface area (Å²) in [5.41, 5.74) is 5.81. The van der Waals surface area contributed by atoms with Crippen LogP contribution in [0.25, 0.3) is 0 Å². The summed E-state index contributed by atoms with van der Waals surface area (Å²) in [5.74, 6) is 1.30. The second-order valence-electron chi connectivity index (χ2n) is 4.02. The van der Waals surface area contributed by atoms with Crippen LogP contribution in [0.15, 0.2) is 4.52 Å². The molecule has 2 heterocycles. The van der Waals surface area contributed by atoms with Crippen LogP contribution >= 0.6 is 0 Å². The molecule has 1 fully saturated rings. The van der Waals surface area contributed by atoms with Crippen LogP contribution in [0.3, 0.4) is 0 Å². The van der Waals surface area contributed by atoms with Crippen molar-refractivity contribution in [2.24, 2.45) is 5.73 Å². The average molecular weight is 227 g/mol. The van der Waals surface area contributed by atoms with Gasteiger partial charge in [0.15, 0.2) is 5.82 Å². The highest BCUT2D eigenvalue weighted by molar-refractivity contribution is 5.01. The van der Waals surface area contributed by atoms with E-state index in [1.54, 1.807) is 7.11 Å². The van der Waals surface area contributed by atoms with Crippen LogP contribution in [0, 0.1) is 0 Å². The SMILES string of the molecule is COCC(N)c1noc(C2CCOC2C)n1. The Kier molecular flexibility index (Phi) is 3.52. The number of aromatic nitrogens is 2. The zero-order valence-electron chi connectivity index (χ0n) is 9.55. The van der Waals surface area contributed by atoms with Crippen molar-refractivity contribution in [1.29, 1.82) is 0 Å². The Labute approximate surface area is 94.1 Å². The van der Waals surface area contributed by atoms with Crippen LogP contribution in [0.5, 0.6) is 0 Å². The van der Waals surface area contributed by atoms with Crippen LogP contribution in [0.4, 0.5) is 0 Å². The van der Waals surface area contributed by atoms with E-state index >= 15 is 0 Å². The van der Waals surface area contributed by atoms with E-state index in [2.05, 4.69) is 10.1 Å². The topological polar surface area (TPSA) is 83.4 Å². The van der Waals surface area contributed by atoms with Crippen molar-refractivity contribution in [3.63, 3.8) is 0 Å². The van der Waals surface area contributed by atoms with E-state index < -0.39 is 0 Å². The Morgan fingerprint density at radius 1 is 1.62 bits per heavy atom. The second-order valence-corrected chi connectivity index (χ2v) is 4.02. The lowest BCUT2D eigenvalue weighted by Crippen LogP contribution is -2.18. The Morgan fingerprint density at radius 2 is 2.44 bits per heavy atom. The molecule has 1 aromatic heterocycles. The lowest BCUT2D eigenvalue weighted by Gasteiger charge is -2.08. The Hall–Kier alpha value is -0.980. The minimum atomic E-state index is -0.333. The first-order chi connectivity index (χ1) is 7.72. The van der Waals surface area contributed by atoms with Gasteiger partial charge in [-0.15, -0.1) is 0 Å². The van der Waals surface area contributed by atoms with Crippen LogP contribution in [-0.4, -0.2) is 36.6 Å². The van der Waals surface area contributed by atoms with E-state index in [0.29, 0.717) is 18.3 Å². The molecule has 90 valence electrons. The lowest BCUT2D eigenvalue weighted by molar-refractivity contribution is 0.113. The minimum absolute atomic E-state index is 0.131. The van der Waals surface area contributed by atoms with Crippen LogP contribution in [0.1, 0.15) is 37.0 Å². The van der Waals surface area contributed by atoms with Gasteiger partial charge in [0.2, 0.25) is 5.89 Å². The van der Waals surface area contributed by atoms with Gasteiger partial charge in [-0.25, -0.2) is 0 Å². The second kappa shape index (κ2) is 4.90. The van der Waals surface area contributed by atoms with Gasteiger partial charge in [0.05, 0.1) is 24.7 Å². The van der Waals surface area contributed by atoms with Crippen LogP contribution in [0.2, 0.25) is 0 Å². The van der Waals surface area contributed by atoms with Gasteiger partial charge in [-0.3, -0.25) is 0 Å². The maximum atomic E-state index is 5.81. The molecule has 6 heteroatoms. The van der Waals surface area contributed by atoms with E-state index in [-0.39, 0.29) is 18.1 Å². The van der Waals surface area contributed by atoms with E-state index in [1.165, 1.54) is 0 Å². The monoisotopic (exact) mass is 227 g/mol. The quantitative estimate of drug-likeness (QED) is 0.811. The molecule has 1 aliphatic heterocycles. The average Bonchev–Trinajstić information content (AvgIpc) is 2.86. The summed E-state index contributed by atoms with van der Waals surface area (Å²) >= 11 is 0. The van der Waals surface area contributed by atoms with Gasteiger partial charge in [-0.1, -0.05) is 5.16 Å². The third-order valence-corrected chi connectivity index (χ3v) is 2.83. The predicted molar refractivity (Wildman–Crippen MR) is 55.9 cm³/mol. The number of rotatable bonds is 4. The van der Waals surface area contributed by atoms with E-state index in [0.717, 1.165) is 13.0 Å². The van der Waals surface area contributed by atoms with Gasteiger partial charge in [0, 0.05) is 13.7 Å². The normalized spacial score (nSPS) is 27.2. The fourth-order valence-electron chi connectivity index (χ4n) is 1.86. The van der Waals surface area contributed by atoms with Crippen molar-refractivity contribution in [2.75, 3.05) is 20.3 Å². The number of methoxy groups -OCH3 is 1. The number of hydrogen-bond acceptors (Lipinski definition) is 6. The molecule has 6 nitrogen and oxygen atoms in total. The molecule has 1 aromatic rings. The zero-order chi connectivity index (χ0) is 11.5. The van der Waals surface area contributed by atoms with E-state index in [9.17, 15) is 0 Å². The maximum Gasteiger partial charge on any atom is 0.232 e. The molecule has 0 spiro atoms. The highest BCUT2D eigenvalue weighted by Gasteiger charge is 2.31. The summed E-state index contributed by atoms with van der Waals surface area (Å²) in [6.07, 6.45) is 1.05. The lowest BCUT2D eigenvalue weighted by atomic mass is 10.0. The summed E-state index contributed by atoms with van der Waals surface area (Å²) in [6, 6.07) is -0.333. The largest absolute Gasteiger partial charge is 0.383 e. The molecule has 0 saturated carbocycles. The molecular weight excluding hydrogens is 210 g/mol. The van der Waals surface area contributed by atoms with Gasteiger partial charge < -0.3 is 19.7 Å². The van der Waals surface area contributed by atoms with Crippen LogP contribution in [-0.2, 0) is 9.47 Å². The summed E-state index contributed by atoms with van der Waals surface area (Å²) in [7, 11) is 1.59. The molecule has 2 rings (SSSR count). The van der Waals surface area contributed by atoms with Crippen molar-refractivity contribution >= 4 is 0 Å². The molecule has 0 aromatic carbocycles. The first-order valence-corrected chi connectivity index (χ1v) is 5.42. The molecule has 2 N–H and O–H groups in total. The molecule has 3 unspecified atom stereocenters. The molecule has 1 saturated heterocycles. The summed E-state index contributed by atoms with van der Waals surface area (Å²) < 4.78 is 15.6. The maximum absolute atomic E-state index is 5.81. The molecule has 0 amide bonds. The van der Waals surface area contributed by atoms with E-state index in [1.807, 2.05) is 6.92 Å². The zero-order valence-corrected chi connectivity index (χ0v) is 9.55. The Balaban J connectivity index is 2.06. The predicted octanol–water partition coefficient (Wildman–Crippen LogP) is 0.608. The van der Waals surface area contributed by atoms with Crippen molar-refractivity contribution in [3.8, 4) is 0 Å². The molecule has 16 heavy (non-hydrogen) atoms. The van der Waals surface area contributed by atoms with Crippen molar-refractivity contribution in [3.05, 3.63) is 11.7 Å².